The summed E-state index contributed by atoms with van der Waals surface area (Å²) < 4.78 is 6.98. The second kappa shape index (κ2) is 8.11. The van der Waals surface area contributed by atoms with Gasteiger partial charge in [-0.05, 0) is 17.7 Å². The van der Waals surface area contributed by atoms with Crippen molar-refractivity contribution in [2.45, 2.75) is 12.9 Å². The van der Waals surface area contributed by atoms with Gasteiger partial charge in [-0.25, -0.2) is 4.98 Å². The number of rotatable bonds is 5. The van der Waals surface area contributed by atoms with Crippen LogP contribution in [0.25, 0.3) is 11.1 Å². The number of aliphatic hydroxyl groups is 1. The number of fused-ring (bicyclic) bond motifs is 1. The number of nitrogens with zero attached hydrogens (tertiary/aromatic N) is 4. The lowest BCUT2D eigenvalue weighted by atomic mass is 10.0. The lowest BCUT2D eigenvalue weighted by Gasteiger charge is -2.36. The van der Waals surface area contributed by atoms with E-state index in [9.17, 15) is 14.7 Å². The van der Waals surface area contributed by atoms with Crippen LogP contribution in [-0.4, -0.2) is 58.9 Å². The van der Waals surface area contributed by atoms with Crippen LogP contribution in [-0.2, 0) is 11.3 Å². The summed E-state index contributed by atoms with van der Waals surface area (Å²) >= 11 is 0. The minimum absolute atomic E-state index is 0.103. The molecule has 160 valence electrons. The molecule has 1 aromatic heterocycles. The Bertz CT molecular complexity index is 1130. The molecule has 0 spiro atoms. The molecule has 0 saturated heterocycles. The molecule has 9 nitrogen and oxygen atoms in total. The number of aromatic nitrogens is 2. The van der Waals surface area contributed by atoms with Gasteiger partial charge in [-0.3, -0.25) is 14.5 Å². The zero-order valence-corrected chi connectivity index (χ0v) is 17.4. The summed E-state index contributed by atoms with van der Waals surface area (Å²) in [6.45, 7) is -0.103. The summed E-state index contributed by atoms with van der Waals surface area (Å²) in [6.07, 6.45) is 0.316. The highest BCUT2D eigenvalue weighted by Crippen LogP contribution is 2.32. The molecule has 2 heterocycles. The van der Waals surface area contributed by atoms with Gasteiger partial charge in [0.15, 0.2) is 11.5 Å². The van der Waals surface area contributed by atoms with Crippen LogP contribution in [0.5, 0.6) is 5.75 Å². The van der Waals surface area contributed by atoms with Crippen molar-refractivity contribution >= 4 is 23.3 Å². The van der Waals surface area contributed by atoms with E-state index < -0.39 is 12.3 Å². The fourth-order valence-corrected chi connectivity index (χ4v) is 3.59. The van der Waals surface area contributed by atoms with E-state index in [0.717, 1.165) is 11.1 Å². The molecule has 0 bridgehead atoms. The minimum atomic E-state index is -1.10. The SMILES string of the molecule is COc1cc(NC(=O)Cn2cnc3c2C(=O)N(C)C(O)N3C)ccc1-c1ccccc1. The van der Waals surface area contributed by atoms with Gasteiger partial charge in [-0.2, -0.15) is 0 Å². The number of anilines is 2. The van der Waals surface area contributed by atoms with Crippen molar-refractivity contribution in [2.24, 2.45) is 0 Å². The van der Waals surface area contributed by atoms with Gasteiger partial charge in [0.25, 0.3) is 5.91 Å². The molecule has 3 aromatic rings. The molecular weight excluding hydrogens is 398 g/mol. The highest BCUT2D eigenvalue weighted by Gasteiger charge is 2.36. The zero-order chi connectivity index (χ0) is 22.1. The molecule has 0 fully saturated rings. The monoisotopic (exact) mass is 421 g/mol. The molecule has 2 amide bonds. The number of hydrogen-bond donors (Lipinski definition) is 2. The van der Waals surface area contributed by atoms with Crippen LogP contribution in [0.3, 0.4) is 0 Å². The molecule has 1 atom stereocenters. The van der Waals surface area contributed by atoms with Crippen LogP contribution in [0, 0.1) is 0 Å². The molecule has 0 saturated carbocycles. The first kappa shape index (κ1) is 20.4. The molecule has 0 radical (unpaired) electrons. The van der Waals surface area contributed by atoms with E-state index in [1.807, 2.05) is 36.4 Å². The first-order valence-electron chi connectivity index (χ1n) is 9.67. The molecule has 1 aliphatic heterocycles. The Morgan fingerprint density at radius 1 is 1.16 bits per heavy atom. The van der Waals surface area contributed by atoms with Crippen LogP contribution in [0.4, 0.5) is 11.5 Å². The Morgan fingerprint density at radius 3 is 2.61 bits per heavy atom. The van der Waals surface area contributed by atoms with Crippen molar-refractivity contribution in [1.82, 2.24) is 14.5 Å². The maximum atomic E-state index is 12.7. The largest absolute Gasteiger partial charge is 0.496 e. The molecule has 2 aromatic carbocycles. The second-order valence-electron chi connectivity index (χ2n) is 7.25. The number of imidazole rings is 1. The van der Waals surface area contributed by atoms with E-state index in [1.165, 1.54) is 27.7 Å². The minimum Gasteiger partial charge on any atom is -0.496 e. The predicted molar refractivity (Wildman–Crippen MR) is 116 cm³/mol. The number of benzene rings is 2. The van der Waals surface area contributed by atoms with Crippen LogP contribution in [0.15, 0.2) is 54.9 Å². The standard InChI is InChI=1S/C22H23N5O4/c1-25-20-19(21(29)26(2)22(25)30)27(13-23-20)12-18(28)24-15-9-10-16(17(11-15)31-3)14-7-5-4-6-8-14/h4-11,13,22,30H,12H2,1-3H3,(H,24,28). The summed E-state index contributed by atoms with van der Waals surface area (Å²) in [5.41, 5.74) is 2.75. The predicted octanol–water partition coefficient (Wildman–Crippen LogP) is 2.00. The van der Waals surface area contributed by atoms with Gasteiger partial charge in [0.1, 0.15) is 12.3 Å². The molecule has 2 N–H and O–H groups in total. The Labute approximate surface area is 179 Å². The van der Waals surface area contributed by atoms with Gasteiger partial charge in [-0.15, -0.1) is 0 Å². The van der Waals surface area contributed by atoms with Gasteiger partial charge in [-0.1, -0.05) is 30.3 Å². The normalized spacial score (nSPS) is 15.6. The number of ether oxygens (including phenoxy) is 1. The average Bonchev–Trinajstić information content (AvgIpc) is 3.20. The van der Waals surface area contributed by atoms with Crippen LogP contribution in [0.1, 0.15) is 10.5 Å². The number of carbonyl (C=O) groups excluding carboxylic acids is 2. The summed E-state index contributed by atoms with van der Waals surface area (Å²) in [7, 11) is 4.70. The zero-order valence-electron chi connectivity index (χ0n) is 17.4. The van der Waals surface area contributed by atoms with Crippen molar-refractivity contribution in [3.63, 3.8) is 0 Å². The Morgan fingerprint density at radius 2 is 1.90 bits per heavy atom. The third-order valence-corrected chi connectivity index (χ3v) is 5.25. The lowest BCUT2D eigenvalue weighted by Crippen LogP contribution is -2.52. The molecule has 0 aliphatic carbocycles. The van der Waals surface area contributed by atoms with E-state index in [2.05, 4.69) is 10.3 Å². The highest BCUT2D eigenvalue weighted by molar-refractivity contribution is 6.00. The summed E-state index contributed by atoms with van der Waals surface area (Å²) in [6, 6.07) is 15.3. The van der Waals surface area contributed by atoms with E-state index >= 15 is 0 Å². The van der Waals surface area contributed by atoms with Gasteiger partial charge >= 0.3 is 0 Å². The average molecular weight is 421 g/mol. The summed E-state index contributed by atoms with van der Waals surface area (Å²) in [5.74, 6) is 0.243. The van der Waals surface area contributed by atoms with Gasteiger partial charge in [0, 0.05) is 31.4 Å². The maximum Gasteiger partial charge on any atom is 0.277 e. The van der Waals surface area contributed by atoms with E-state index in [-0.39, 0.29) is 18.1 Å². The maximum absolute atomic E-state index is 12.7. The molecule has 9 heteroatoms. The van der Waals surface area contributed by atoms with Crippen molar-refractivity contribution < 1.29 is 19.4 Å². The highest BCUT2D eigenvalue weighted by atomic mass is 16.5. The first-order chi connectivity index (χ1) is 14.9. The lowest BCUT2D eigenvalue weighted by molar-refractivity contribution is -0.116. The number of amides is 2. The quantitative estimate of drug-likeness (QED) is 0.654. The Balaban J connectivity index is 1.53. The number of nitrogens with one attached hydrogen (secondary N) is 1. The third kappa shape index (κ3) is 3.71. The topological polar surface area (TPSA) is 99.9 Å². The van der Waals surface area contributed by atoms with Crippen LogP contribution < -0.4 is 15.0 Å². The molecular formula is C22H23N5O4. The fraction of sp³-hybridized carbons (Fsp3) is 0.227. The molecule has 1 aliphatic rings. The smallest absolute Gasteiger partial charge is 0.277 e. The van der Waals surface area contributed by atoms with Crippen molar-refractivity contribution in [3.8, 4) is 16.9 Å². The second-order valence-corrected chi connectivity index (χ2v) is 7.25. The van der Waals surface area contributed by atoms with Crippen molar-refractivity contribution in [3.05, 3.63) is 60.6 Å². The molecule has 1 unspecified atom stereocenters. The summed E-state index contributed by atoms with van der Waals surface area (Å²) in [4.78, 5) is 32.1. The van der Waals surface area contributed by atoms with E-state index in [1.54, 1.807) is 26.3 Å². The van der Waals surface area contributed by atoms with E-state index in [0.29, 0.717) is 17.3 Å². The fourth-order valence-electron chi connectivity index (χ4n) is 3.59. The van der Waals surface area contributed by atoms with Crippen molar-refractivity contribution in [1.29, 1.82) is 0 Å². The summed E-state index contributed by atoms with van der Waals surface area (Å²) in [5, 5.41) is 12.9. The number of hydrogen-bond acceptors (Lipinski definition) is 6. The van der Waals surface area contributed by atoms with Crippen LogP contribution in [0.2, 0.25) is 0 Å². The molecule has 4 rings (SSSR count). The van der Waals surface area contributed by atoms with Crippen molar-refractivity contribution in [2.75, 3.05) is 31.4 Å². The first-order valence-corrected chi connectivity index (χ1v) is 9.67. The number of carbonyl (C=O) groups is 2. The van der Waals surface area contributed by atoms with E-state index in [4.69, 9.17) is 4.74 Å². The third-order valence-electron chi connectivity index (χ3n) is 5.25. The molecule has 31 heavy (non-hydrogen) atoms. The van der Waals surface area contributed by atoms with Gasteiger partial charge < -0.3 is 24.6 Å². The Hall–Kier alpha value is -3.85. The number of aliphatic hydroxyl groups excluding tert-OH is 1. The van der Waals surface area contributed by atoms with Crippen LogP contribution >= 0.6 is 0 Å². The van der Waals surface area contributed by atoms with Gasteiger partial charge in [0.05, 0.1) is 13.4 Å². The van der Waals surface area contributed by atoms with Gasteiger partial charge in [0.2, 0.25) is 12.3 Å². The Kier molecular flexibility index (Phi) is 5.35. The number of methoxy groups -OCH3 is 1.